The summed E-state index contributed by atoms with van der Waals surface area (Å²) in [5.41, 5.74) is 0. The Morgan fingerprint density at radius 1 is 1.11 bits per heavy atom. The van der Waals surface area contributed by atoms with Crippen molar-refractivity contribution >= 4 is 18.0 Å². The van der Waals surface area contributed by atoms with E-state index in [0.717, 1.165) is 24.2 Å². The third-order valence-electron chi connectivity index (χ3n) is 2.82. The smallest absolute Gasteiger partial charge is 0.325 e. The molecule has 1 N–H and O–H groups in total. The summed E-state index contributed by atoms with van der Waals surface area (Å²) >= 11 is 0. The quantitative estimate of drug-likeness (QED) is 0.696. The van der Waals surface area contributed by atoms with Crippen LogP contribution in [-0.4, -0.2) is 56.2 Å². The first-order chi connectivity index (χ1) is 8.56. The van der Waals surface area contributed by atoms with Crippen LogP contribution in [0, 0.1) is 0 Å². The zero-order valence-electron chi connectivity index (χ0n) is 10.6. The SMILES string of the molecule is COC(=O)CN(CC(=O)OC)C(=O)NC1CCC1. The van der Waals surface area contributed by atoms with E-state index in [1.807, 2.05) is 0 Å². The number of esters is 2. The number of ether oxygens (including phenoxy) is 2. The zero-order chi connectivity index (χ0) is 13.5. The van der Waals surface area contributed by atoms with Crippen molar-refractivity contribution in [1.29, 1.82) is 0 Å². The van der Waals surface area contributed by atoms with Crippen LogP contribution in [0.1, 0.15) is 19.3 Å². The second kappa shape index (κ2) is 6.83. The number of methoxy groups -OCH3 is 2. The Bertz CT molecular complexity index is 309. The molecular formula is C11H18N2O5. The third kappa shape index (κ3) is 4.23. The number of rotatable bonds is 5. The van der Waals surface area contributed by atoms with Gasteiger partial charge in [0.05, 0.1) is 14.2 Å². The topological polar surface area (TPSA) is 84.9 Å². The van der Waals surface area contributed by atoms with Crippen molar-refractivity contribution in [2.24, 2.45) is 0 Å². The molecule has 0 spiro atoms. The molecule has 2 amide bonds. The molecule has 1 saturated carbocycles. The Morgan fingerprint density at radius 2 is 1.61 bits per heavy atom. The fourth-order valence-corrected chi connectivity index (χ4v) is 1.46. The van der Waals surface area contributed by atoms with Gasteiger partial charge in [0.25, 0.3) is 0 Å². The fourth-order valence-electron chi connectivity index (χ4n) is 1.46. The van der Waals surface area contributed by atoms with E-state index in [4.69, 9.17) is 0 Å². The molecule has 0 aliphatic heterocycles. The van der Waals surface area contributed by atoms with Gasteiger partial charge in [0.2, 0.25) is 0 Å². The van der Waals surface area contributed by atoms with E-state index < -0.39 is 18.0 Å². The molecule has 0 aromatic heterocycles. The van der Waals surface area contributed by atoms with Crippen LogP contribution in [0.4, 0.5) is 4.79 Å². The molecule has 1 aliphatic carbocycles. The molecule has 1 aliphatic rings. The van der Waals surface area contributed by atoms with Gasteiger partial charge in [-0.15, -0.1) is 0 Å². The molecule has 0 aromatic rings. The fraction of sp³-hybridized carbons (Fsp3) is 0.727. The Hall–Kier alpha value is -1.79. The van der Waals surface area contributed by atoms with Crippen molar-refractivity contribution in [2.45, 2.75) is 25.3 Å². The summed E-state index contributed by atoms with van der Waals surface area (Å²) in [5, 5.41) is 2.75. The van der Waals surface area contributed by atoms with Crippen molar-refractivity contribution in [2.75, 3.05) is 27.3 Å². The first-order valence-electron chi connectivity index (χ1n) is 5.76. The first-order valence-corrected chi connectivity index (χ1v) is 5.76. The molecule has 0 saturated heterocycles. The predicted molar refractivity (Wildman–Crippen MR) is 61.8 cm³/mol. The van der Waals surface area contributed by atoms with Crippen molar-refractivity contribution in [3.63, 3.8) is 0 Å². The minimum Gasteiger partial charge on any atom is -0.468 e. The van der Waals surface area contributed by atoms with Gasteiger partial charge in [-0.05, 0) is 19.3 Å². The van der Waals surface area contributed by atoms with E-state index in [-0.39, 0.29) is 19.1 Å². The lowest BCUT2D eigenvalue weighted by atomic mass is 9.93. The van der Waals surface area contributed by atoms with Crippen LogP contribution in [0.2, 0.25) is 0 Å². The molecule has 0 atom stereocenters. The average Bonchev–Trinajstić information content (AvgIpc) is 2.32. The summed E-state index contributed by atoms with van der Waals surface area (Å²) in [4.78, 5) is 35.3. The Balaban J connectivity index is 2.53. The number of carbonyl (C=O) groups is 3. The maximum atomic E-state index is 11.8. The van der Waals surface area contributed by atoms with Crippen LogP contribution in [0.5, 0.6) is 0 Å². The van der Waals surface area contributed by atoms with E-state index in [0.29, 0.717) is 0 Å². The molecule has 0 aromatic carbocycles. The predicted octanol–water partition coefficient (Wildman–Crippen LogP) is -0.103. The van der Waals surface area contributed by atoms with Crippen molar-refractivity contribution in [3.8, 4) is 0 Å². The second-order valence-electron chi connectivity index (χ2n) is 4.09. The van der Waals surface area contributed by atoms with Gasteiger partial charge in [0.1, 0.15) is 13.1 Å². The lowest BCUT2D eigenvalue weighted by molar-refractivity contribution is -0.144. The monoisotopic (exact) mass is 258 g/mol. The molecule has 0 heterocycles. The largest absolute Gasteiger partial charge is 0.468 e. The summed E-state index contributed by atoms with van der Waals surface area (Å²) in [6, 6.07) is -0.314. The van der Waals surface area contributed by atoms with Gasteiger partial charge < -0.3 is 19.7 Å². The minimum atomic E-state index is -0.581. The van der Waals surface area contributed by atoms with Gasteiger partial charge in [0, 0.05) is 6.04 Å². The molecular weight excluding hydrogens is 240 g/mol. The first kappa shape index (κ1) is 14.3. The summed E-state index contributed by atoms with van der Waals surface area (Å²) in [7, 11) is 2.45. The van der Waals surface area contributed by atoms with Gasteiger partial charge in [0.15, 0.2) is 0 Å². The Kier molecular flexibility index (Phi) is 5.41. The van der Waals surface area contributed by atoms with Crippen molar-refractivity contribution < 1.29 is 23.9 Å². The highest BCUT2D eigenvalue weighted by molar-refractivity contribution is 5.85. The molecule has 7 heteroatoms. The van der Waals surface area contributed by atoms with Crippen LogP contribution < -0.4 is 5.32 Å². The van der Waals surface area contributed by atoms with Crippen molar-refractivity contribution in [1.82, 2.24) is 10.2 Å². The molecule has 0 bridgehead atoms. The maximum Gasteiger partial charge on any atom is 0.325 e. The van der Waals surface area contributed by atoms with Crippen molar-refractivity contribution in [3.05, 3.63) is 0 Å². The maximum absolute atomic E-state index is 11.8. The molecule has 7 nitrogen and oxygen atoms in total. The van der Waals surface area contributed by atoms with Crippen LogP contribution in [-0.2, 0) is 19.1 Å². The molecule has 0 radical (unpaired) electrons. The molecule has 1 rings (SSSR count). The number of hydrogen-bond donors (Lipinski definition) is 1. The summed E-state index contributed by atoms with van der Waals surface area (Å²) < 4.78 is 8.96. The molecule has 1 fully saturated rings. The summed E-state index contributed by atoms with van der Waals surface area (Å²) in [6.07, 6.45) is 2.94. The zero-order valence-corrected chi connectivity index (χ0v) is 10.6. The number of amides is 2. The van der Waals surface area contributed by atoms with E-state index in [2.05, 4.69) is 14.8 Å². The van der Waals surface area contributed by atoms with Gasteiger partial charge in [-0.25, -0.2) is 4.79 Å². The van der Waals surface area contributed by atoms with E-state index >= 15 is 0 Å². The lowest BCUT2D eigenvalue weighted by Crippen LogP contribution is -2.50. The Labute approximate surface area is 105 Å². The number of nitrogens with zero attached hydrogens (tertiary/aromatic N) is 1. The van der Waals surface area contributed by atoms with Gasteiger partial charge in [-0.2, -0.15) is 0 Å². The molecule has 18 heavy (non-hydrogen) atoms. The van der Waals surface area contributed by atoms with E-state index in [9.17, 15) is 14.4 Å². The van der Waals surface area contributed by atoms with Crippen LogP contribution in [0.3, 0.4) is 0 Å². The number of hydrogen-bond acceptors (Lipinski definition) is 5. The normalized spacial score (nSPS) is 14.3. The highest BCUT2D eigenvalue weighted by atomic mass is 16.5. The summed E-state index contributed by atoms with van der Waals surface area (Å²) in [5.74, 6) is -1.16. The Morgan fingerprint density at radius 3 is 1.94 bits per heavy atom. The summed E-state index contributed by atoms with van der Waals surface area (Å²) in [6.45, 7) is -0.547. The highest BCUT2D eigenvalue weighted by Gasteiger charge is 2.25. The van der Waals surface area contributed by atoms with Gasteiger partial charge >= 0.3 is 18.0 Å². The number of nitrogens with one attached hydrogen (secondary N) is 1. The minimum absolute atomic E-state index is 0.135. The number of urea groups is 1. The lowest BCUT2D eigenvalue weighted by Gasteiger charge is -2.29. The van der Waals surface area contributed by atoms with Gasteiger partial charge in [-0.1, -0.05) is 0 Å². The van der Waals surface area contributed by atoms with Crippen LogP contribution >= 0.6 is 0 Å². The third-order valence-corrected chi connectivity index (χ3v) is 2.82. The van der Waals surface area contributed by atoms with Gasteiger partial charge in [-0.3, -0.25) is 9.59 Å². The molecule has 102 valence electrons. The van der Waals surface area contributed by atoms with E-state index in [1.54, 1.807) is 0 Å². The van der Waals surface area contributed by atoms with Crippen LogP contribution in [0.15, 0.2) is 0 Å². The highest BCUT2D eigenvalue weighted by Crippen LogP contribution is 2.18. The van der Waals surface area contributed by atoms with E-state index in [1.165, 1.54) is 14.2 Å². The number of carbonyl (C=O) groups excluding carboxylic acids is 3. The average molecular weight is 258 g/mol. The molecule has 0 unspecified atom stereocenters. The van der Waals surface area contributed by atoms with Crippen LogP contribution in [0.25, 0.3) is 0 Å². The second-order valence-corrected chi connectivity index (χ2v) is 4.09. The standard InChI is InChI=1S/C11H18N2O5/c1-17-9(14)6-13(7-10(15)18-2)11(16)12-8-4-3-5-8/h8H,3-7H2,1-2H3,(H,12,16).